The Morgan fingerprint density at radius 2 is 1.93 bits per heavy atom. The van der Waals surface area contributed by atoms with Gasteiger partial charge in [-0.05, 0) is 12.5 Å². The molecule has 9 nitrogen and oxygen atoms in total. The molecule has 1 unspecified atom stereocenters. The average molecular weight is 394 g/mol. The van der Waals surface area contributed by atoms with Crippen molar-refractivity contribution in [3.63, 3.8) is 0 Å². The van der Waals surface area contributed by atoms with Gasteiger partial charge in [0.25, 0.3) is 5.56 Å². The van der Waals surface area contributed by atoms with Crippen LogP contribution in [0.1, 0.15) is 29.6 Å². The number of H-pyrrole nitrogens is 1. The number of aryl methyl sites for hydroxylation is 1. The smallest absolute Gasteiger partial charge is 0.355 e. The summed E-state index contributed by atoms with van der Waals surface area (Å²) in [7, 11) is -4.05. The van der Waals surface area contributed by atoms with Crippen LogP contribution in [0.2, 0.25) is 0 Å². The maximum absolute atomic E-state index is 12.6. The molecule has 2 aliphatic heterocycles. The second-order valence-electron chi connectivity index (χ2n) is 6.64. The molecule has 27 heavy (non-hydrogen) atoms. The first kappa shape index (κ1) is 18.3. The molecule has 2 N–H and O–H groups in total. The molecule has 5 atom stereocenters. The van der Waals surface area contributed by atoms with Crippen molar-refractivity contribution in [1.82, 2.24) is 9.55 Å². The van der Waals surface area contributed by atoms with E-state index in [2.05, 4.69) is 4.98 Å². The number of ether oxygens (including phenoxy) is 2. The van der Waals surface area contributed by atoms with Crippen LogP contribution in [0, 0.1) is 6.92 Å². The predicted molar refractivity (Wildman–Crippen MR) is 94.4 cm³/mol. The minimum Gasteiger partial charge on any atom is -0.355 e. The van der Waals surface area contributed by atoms with Gasteiger partial charge in [0.1, 0.15) is 12.3 Å². The van der Waals surface area contributed by atoms with Gasteiger partial charge in [-0.15, -0.1) is 0 Å². The Balaban J connectivity index is 1.62. The number of rotatable bonds is 2. The fourth-order valence-corrected chi connectivity index (χ4v) is 4.69. The summed E-state index contributed by atoms with van der Waals surface area (Å²) >= 11 is 0. The van der Waals surface area contributed by atoms with E-state index < -0.39 is 43.1 Å². The Bertz CT molecular complexity index is 1000. The van der Waals surface area contributed by atoms with Crippen molar-refractivity contribution in [1.29, 1.82) is 0 Å². The van der Waals surface area contributed by atoms with Crippen molar-refractivity contribution >= 4 is 7.60 Å². The third-order valence-corrected chi connectivity index (χ3v) is 6.28. The Morgan fingerprint density at radius 1 is 1.19 bits per heavy atom. The third kappa shape index (κ3) is 3.44. The van der Waals surface area contributed by atoms with E-state index in [1.165, 1.54) is 10.8 Å². The van der Waals surface area contributed by atoms with Gasteiger partial charge in [-0.25, -0.2) is 4.79 Å². The molecule has 2 aliphatic rings. The Labute approximate surface area is 154 Å². The lowest BCUT2D eigenvalue weighted by atomic mass is 10.1. The number of hydrogen-bond acceptors (Lipinski definition) is 6. The normalized spacial score (nSPS) is 33.4. The number of hydrogen-bond donors (Lipinski definition) is 2. The van der Waals surface area contributed by atoms with Gasteiger partial charge in [0, 0.05) is 18.2 Å². The van der Waals surface area contributed by atoms with Gasteiger partial charge in [0.2, 0.25) is 0 Å². The quantitative estimate of drug-likeness (QED) is 0.740. The summed E-state index contributed by atoms with van der Waals surface area (Å²) in [6, 6.07) is 8.68. The van der Waals surface area contributed by atoms with Crippen LogP contribution in [0.3, 0.4) is 0 Å². The highest BCUT2D eigenvalue weighted by Crippen LogP contribution is 2.60. The zero-order valence-corrected chi connectivity index (χ0v) is 15.4. The number of nitrogens with one attached hydrogen (secondary N) is 1. The fraction of sp³-hybridized carbons (Fsp3) is 0.412. The van der Waals surface area contributed by atoms with Gasteiger partial charge in [-0.1, -0.05) is 30.3 Å². The monoisotopic (exact) mass is 394 g/mol. The van der Waals surface area contributed by atoms with Crippen LogP contribution in [-0.4, -0.2) is 33.3 Å². The molecule has 3 heterocycles. The average Bonchev–Trinajstić information content (AvgIpc) is 2.99. The molecule has 2 fully saturated rings. The summed E-state index contributed by atoms with van der Waals surface area (Å²) in [4.78, 5) is 36.2. The molecule has 0 bridgehead atoms. The second-order valence-corrected chi connectivity index (χ2v) is 8.50. The van der Waals surface area contributed by atoms with Crippen molar-refractivity contribution in [2.24, 2.45) is 0 Å². The van der Waals surface area contributed by atoms with Gasteiger partial charge in [-0.2, -0.15) is 0 Å². The van der Waals surface area contributed by atoms with Crippen molar-refractivity contribution in [2.75, 3.05) is 6.61 Å². The minimum atomic E-state index is -4.05. The highest BCUT2D eigenvalue weighted by atomic mass is 31.2. The van der Waals surface area contributed by atoms with Gasteiger partial charge < -0.3 is 18.9 Å². The number of nitrogens with zero attached hydrogens (tertiary/aromatic N) is 1. The lowest BCUT2D eigenvalue weighted by molar-refractivity contribution is -0.0504. The van der Waals surface area contributed by atoms with Crippen molar-refractivity contribution in [2.45, 2.75) is 37.6 Å². The summed E-state index contributed by atoms with van der Waals surface area (Å²) in [6.45, 7) is 1.46. The van der Waals surface area contributed by atoms with Crippen LogP contribution in [0.5, 0.6) is 0 Å². The molecule has 4 rings (SSSR count). The standard InChI is InChI=1S/C17H19N2O7P/c1-10-8-19(17(21)18-15(10)20)14-7-12-13(25-14)9-24-27(22,23)16(26-12)11-5-3-2-4-6-11/h2-6,8,12-14,16H,7,9H2,1H3,(H,22,23)(H,18,20,21)/t12-,13-,14-,16+/m1/s1. The zero-order chi connectivity index (χ0) is 19.2. The van der Waals surface area contributed by atoms with Crippen LogP contribution in [0.25, 0.3) is 0 Å². The van der Waals surface area contributed by atoms with E-state index in [0.717, 1.165) is 0 Å². The topological polar surface area (TPSA) is 120 Å². The van der Waals surface area contributed by atoms with Gasteiger partial charge in [0.05, 0.1) is 12.7 Å². The summed E-state index contributed by atoms with van der Waals surface area (Å²) in [5.41, 5.74) is -0.122. The first-order chi connectivity index (χ1) is 12.8. The maximum Gasteiger partial charge on any atom is 0.361 e. The van der Waals surface area contributed by atoms with Crippen LogP contribution in [0.4, 0.5) is 0 Å². The van der Waals surface area contributed by atoms with E-state index in [-0.39, 0.29) is 13.0 Å². The predicted octanol–water partition coefficient (Wildman–Crippen LogP) is 1.43. The van der Waals surface area contributed by atoms with E-state index in [0.29, 0.717) is 11.1 Å². The summed E-state index contributed by atoms with van der Waals surface area (Å²) in [5, 5.41) is 0. The molecule has 1 aromatic heterocycles. The Kier molecular flexibility index (Phi) is 4.65. The molecular weight excluding hydrogens is 375 g/mol. The Hall–Kier alpha value is -2.03. The fourth-order valence-electron chi connectivity index (χ4n) is 3.34. The van der Waals surface area contributed by atoms with E-state index in [4.69, 9.17) is 14.0 Å². The molecule has 1 aromatic carbocycles. The molecule has 10 heteroatoms. The molecule has 2 saturated heterocycles. The molecule has 0 radical (unpaired) electrons. The largest absolute Gasteiger partial charge is 0.361 e. The van der Waals surface area contributed by atoms with E-state index in [1.807, 2.05) is 0 Å². The van der Waals surface area contributed by atoms with E-state index in [9.17, 15) is 19.0 Å². The van der Waals surface area contributed by atoms with Gasteiger partial charge >= 0.3 is 13.3 Å². The highest BCUT2D eigenvalue weighted by Gasteiger charge is 2.48. The number of benzene rings is 1. The molecule has 0 aliphatic carbocycles. The molecule has 0 saturated carbocycles. The second kappa shape index (κ2) is 6.85. The van der Waals surface area contributed by atoms with Crippen molar-refractivity contribution in [3.05, 3.63) is 68.5 Å². The van der Waals surface area contributed by atoms with Crippen LogP contribution in [-0.2, 0) is 18.6 Å². The third-order valence-electron chi connectivity index (χ3n) is 4.75. The number of fused-ring (bicyclic) bond motifs is 1. The Morgan fingerprint density at radius 3 is 2.67 bits per heavy atom. The minimum absolute atomic E-state index is 0.130. The molecule has 2 aromatic rings. The summed E-state index contributed by atoms with van der Waals surface area (Å²) < 4.78 is 30.9. The van der Waals surface area contributed by atoms with Crippen LogP contribution in [0.15, 0.2) is 46.1 Å². The van der Waals surface area contributed by atoms with E-state index >= 15 is 0 Å². The first-order valence-electron chi connectivity index (χ1n) is 8.50. The van der Waals surface area contributed by atoms with E-state index in [1.54, 1.807) is 37.3 Å². The first-order valence-corrected chi connectivity index (χ1v) is 10.1. The van der Waals surface area contributed by atoms with Gasteiger partial charge in [0.15, 0.2) is 5.85 Å². The lowest BCUT2D eigenvalue weighted by Gasteiger charge is -2.22. The van der Waals surface area contributed by atoms with Crippen LogP contribution >= 0.6 is 7.60 Å². The molecular formula is C17H19N2O7P. The number of aromatic nitrogens is 2. The van der Waals surface area contributed by atoms with Crippen molar-refractivity contribution < 1.29 is 23.5 Å². The molecule has 144 valence electrons. The highest BCUT2D eigenvalue weighted by molar-refractivity contribution is 7.53. The molecule has 0 spiro atoms. The maximum atomic E-state index is 12.6. The SMILES string of the molecule is Cc1cn([C@H]2C[C@H]3O[C@H](c4ccccc4)P(=O)(O)OC[C@H]3O2)c(=O)[nH]c1=O. The van der Waals surface area contributed by atoms with Gasteiger partial charge in [-0.3, -0.25) is 18.9 Å². The zero-order valence-electron chi connectivity index (χ0n) is 14.5. The summed E-state index contributed by atoms with van der Waals surface area (Å²) in [5.74, 6) is -1.13. The molecule has 0 amide bonds. The van der Waals surface area contributed by atoms with Crippen molar-refractivity contribution in [3.8, 4) is 0 Å². The summed E-state index contributed by atoms with van der Waals surface area (Å²) in [6.07, 6.45) is -0.100. The number of aromatic amines is 1. The lowest BCUT2D eigenvalue weighted by Crippen LogP contribution is -2.33. The van der Waals surface area contributed by atoms with Crippen LogP contribution < -0.4 is 11.2 Å².